The third kappa shape index (κ3) is 6.96. The first-order chi connectivity index (χ1) is 23.5. The number of carbonyl (C=O) groups excluding carboxylic acids is 3. The molecule has 2 aromatic heterocycles. The van der Waals surface area contributed by atoms with Crippen LogP contribution in [0.1, 0.15) is 29.3 Å². The second-order valence-electron chi connectivity index (χ2n) is 11.2. The lowest BCUT2D eigenvalue weighted by atomic mass is 9.83. The van der Waals surface area contributed by atoms with E-state index in [0.29, 0.717) is 33.9 Å². The van der Waals surface area contributed by atoms with E-state index < -0.39 is 40.0 Å². The lowest BCUT2D eigenvalue weighted by Gasteiger charge is -2.44. The third-order valence-electron chi connectivity index (χ3n) is 8.04. The van der Waals surface area contributed by atoms with E-state index in [1.165, 1.54) is 76.5 Å². The van der Waals surface area contributed by atoms with Crippen molar-refractivity contribution in [1.29, 1.82) is 0 Å². The Bertz CT molecular complexity index is 1970. The second kappa shape index (κ2) is 14.0. The number of non-ortho nitro benzene ring substituents is 2. The molecule has 0 aliphatic carbocycles. The van der Waals surface area contributed by atoms with Crippen molar-refractivity contribution in [3.63, 3.8) is 0 Å². The molecule has 3 atom stereocenters. The highest BCUT2D eigenvalue weighted by molar-refractivity contribution is 7.99. The van der Waals surface area contributed by atoms with Crippen LogP contribution in [0.25, 0.3) is 10.4 Å². The number of aromatic nitrogens is 2. The van der Waals surface area contributed by atoms with Crippen LogP contribution in [0.3, 0.4) is 0 Å². The maximum Gasteiger partial charge on any atom is 0.407 e. The van der Waals surface area contributed by atoms with Crippen molar-refractivity contribution < 1.29 is 38.8 Å². The number of nitro benzene ring substituents is 2. The van der Waals surface area contributed by atoms with E-state index >= 15 is 0 Å². The number of thiazole rings is 1. The first-order valence-corrected chi connectivity index (χ1v) is 16.7. The molecule has 0 saturated carbocycles. The predicted molar refractivity (Wildman–Crippen MR) is 175 cm³/mol. The van der Waals surface area contributed by atoms with E-state index in [4.69, 9.17) is 9.47 Å². The number of β-lactam (4-membered cyclic amide) rings is 1. The van der Waals surface area contributed by atoms with Gasteiger partial charge in [-0.2, -0.15) is 0 Å². The van der Waals surface area contributed by atoms with E-state index in [1.54, 1.807) is 13.3 Å². The molecule has 0 spiro atoms. The van der Waals surface area contributed by atoms with Crippen LogP contribution < -0.4 is 5.32 Å². The minimum Gasteiger partial charge on any atom is -0.456 e. The zero-order chi connectivity index (χ0) is 34.8. The summed E-state index contributed by atoms with van der Waals surface area (Å²) in [5.74, 6) is -1.26. The number of nitro groups is 2. The van der Waals surface area contributed by atoms with Crippen molar-refractivity contribution in [3.05, 3.63) is 103 Å². The highest BCUT2D eigenvalue weighted by Gasteiger charge is 2.57. The zero-order valence-corrected chi connectivity index (χ0v) is 27.3. The fraction of sp³-hybridized carbons (Fsp3) is 0.290. The number of amides is 2. The van der Waals surface area contributed by atoms with Gasteiger partial charge in [-0.05, 0) is 48.7 Å². The van der Waals surface area contributed by atoms with Crippen molar-refractivity contribution in [2.24, 2.45) is 5.92 Å². The zero-order valence-electron chi connectivity index (χ0n) is 25.7. The van der Waals surface area contributed by atoms with E-state index in [9.17, 15) is 39.7 Å². The molecule has 1 fully saturated rings. The van der Waals surface area contributed by atoms with Crippen molar-refractivity contribution in [2.45, 2.75) is 43.7 Å². The number of rotatable bonds is 13. The molecule has 16 nitrogen and oxygen atoms in total. The molecular formula is C31H28N6O10S2. The summed E-state index contributed by atoms with van der Waals surface area (Å²) in [6.45, 7) is 1.62. The molecule has 2 aromatic carbocycles. The predicted octanol–water partition coefficient (Wildman–Crippen LogP) is 4.30. The first kappa shape index (κ1) is 33.6. The number of carbonyl (C=O) groups is 3. The average molecular weight is 709 g/mol. The molecule has 2 N–H and O–H groups in total. The Morgan fingerprint density at radius 1 is 1.06 bits per heavy atom. The van der Waals surface area contributed by atoms with Crippen molar-refractivity contribution >= 4 is 62.8 Å². The number of nitrogens with zero attached hydrogens (tertiary/aromatic N) is 5. The van der Waals surface area contributed by atoms with E-state index in [-0.39, 0.29) is 42.7 Å². The molecule has 4 heterocycles. The van der Waals surface area contributed by atoms with Gasteiger partial charge in [0.2, 0.25) is 5.91 Å². The molecule has 2 aliphatic heterocycles. The number of benzene rings is 2. The van der Waals surface area contributed by atoms with Gasteiger partial charge < -0.3 is 24.8 Å². The Kier molecular flexibility index (Phi) is 9.61. The van der Waals surface area contributed by atoms with Gasteiger partial charge in [-0.25, -0.2) is 14.6 Å². The quantitative estimate of drug-likeness (QED) is 0.0498. The molecular weight excluding hydrogens is 681 g/mol. The molecule has 254 valence electrons. The van der Waals surface area contributed by atoms with Crippen molar-refractivity contribution in [2.75, 3.05) is 12.3 Å². The number of imidazole rings is 1. The van der Waals surface area contributed by atoms with Gasteiger partial charge >= 0.3 is 12.1 Å². The van der Waals surface area contributed by atoms with Crippen molar-refractivity contribution in [1.82, 2.24) is 19.6 Å². The van der Waals surface area contributed by atoms with Crippen LogP contribution in [-0.2, 0) is 32.3 Å². The van der Waals surface area contributed by atoms with Gasteiger partial charge in [-0.1, -0.05) is 0 Å². The lowest BCUT2D eigenvalue weighted by molar-refractivity contribution is -0.385. The van der Waals surface area contributed by atoms with Crippen LogP contribution in [0, 0.1) is 26.1 Å². The molecule has 6 rings (SSSR count). The highest BCUT2D eigenvalue weighted by atomic mass is 32.2. The van der Waals surface area contributed by atoms with Crippen LogP contribution >= 0.6 is 23.1 Å². The molecule has 4 aromatic rings. The Labute approximate surface area is 285 Å². The average Bonchev–Trinajstić information content (AvgIpc) is 3.76. The monoisotopic (exact) mass is 708 g/mol. The maximum atomic E-state index is 13.5. The van der Waals surface area contributed by atoms with Gasteiger partial charge in [0.15, 0.2) is 0 Å². The van der Waals surface area contributed by atoms with Gasteiger partial charge in [0, 0.05) is 48.3 Å². The van der Waals surface area contributed by atoms with Gasteiger partial charge in [-0.15, -0.1) is 23.1 Å². The van der Waals surface area contributed by atoms with Crippen LogP contribution in [0.2, 0.25) is 0 Å². The number of aliphatic hydroxyl groups is 1. The third-order valence-corrected chi connectivity index (χ3v) is 10.3. The molecule has 49 heavy (non-hydrogen) atoms. The number of alkyl carbamates (subject to hydrolysis) is 1. The first-order valence-electron chi connectivity index (χ1n) is 14.9. The van der Waals surface area contributed by atoms with E-state index in [1.807, 2.05) is 10.6 Å². The number of hydrogen-bond acceptors (Lipinski definition) is 13. The van der Waals surface area contributed by atoms with Gasteiger partial charge in [0.25, 0.3) is 11.4 Å². The summed E-state index contributed by atoms with van der Waals surface area (Å²) >= 11 is 2.78. The van der Waals surface area contributed by atoms with Gasteiger partial charge in [0.05, 0.1) is 32.8 Å². The molecule has 2 amide bonds. The standard InChI is InChI=1S/C31H28N6O10S2/c1-17(38)25-23-12-22(26(35(23)28(25)39)30(40)46-14-18-2-6-20(7-3-18)36(42)43)24-13-34-16-33-27(29(34)49-24)48-11-10-32-31(41)47-15-19-4-8-21(9-5-19)37(44)45/h2-9,13,16-17,23,25,38H,10-12,14-15H2,1H3,(H,32,41)/t17-,23-,25-/m1/s1. The fourth-order valence-electron chi connectivity index (χ4n) is 5.64. The lowest BCUT2D eigenvalue weighted by Crippen LogP contribution is -2.61. The maximum absolute atomic E-state index is 13.5. The Morgan fingerprint density at radius 3 is 2.27 bits per heavy atom. The molecule has 18 heteroatoms. The number of esters is 1. The summed E-state index contributed by atoms with van der Waals surface area (Å²) in [5.41, 5.74) is 1.72. The number of hydrogen-bond donors (Lipinski definition) is 2. The number of ether oxygens (including phenoxy) is 2. The number of fused-ring (bicyclic) bond motifs is 2. The van der Waals surface area contributed by atoms with Crippen LogP contribution in [-0.4, -0.2) is 71.7 Å². The Hall–Kier alpha value is -5.33. The summed E-state index contributed by atoms with van der Waals surface area (Å²) in [6, 6.07) is 10.9. The second-order valence-corrected chi connectivity index (χ2v) is 13.3. The largest absolute Gasteiger partial charge is 0.456 e. The Balaban J connectivity index is 1.10. The summed E-state index contributed by atoms with van der Waals surface area (Å²) < 4.78 is 12.6. The van der Waals surface area contributed by atoms with Gasteiger partial charge in [-0.3, -0.25) is 29.4 Å². The normalized spacial score (nSPS) is 17.4. The highest BCUT2D eigenvalue weighted by Crippen LogP contribution is 2.49. The molecule has 0 radical (unpaired) electrons. The number of aliphatic hydroxyl groups excluding tert-OH is 1. The molecule has 1 saturated heterocycles. The van der Waals surface area contributed by atoms with Crippen LogP contribution in [0.4, 0.5) is 16.2 Å². The summed E-state index contributed by atoms with van der Waals surface area (Å²) in [6.07, 6.45) is 2.25. The van der Waals surface area contributed by atoms with Crippen molar-refractivity contribution in [3.8, 4) is 0 Å². The topological polar surface area (TPSA) is 209 Å². The van der Waals surface area contributed by atoms with E-state index in [0.717, 1.165) is 9.71 Å². The van der Waals surface area contributed by atoms with Crippen LogP contribution in [0.15, 0.2) is 71.8 Å². The summed E-state index contributed by atoms with van der Waals surface area (Å²) in [4.78, 5) is 66.7. The minimum atomic E-state index is -0.898. The number of nitrogens with one attached hydrogen (secondary N) is 1. The van der Waals surface area contributed by atoms with Gasteiger partial charge in [0.1, 0.15) is 35.1 Å². The smallest absolute Gasteiger partial charge is 0.407 e. The SMILES string of the molecule is C[C@@H](O)[C@H]1C(=O)N2C(C(=O)OCc3ccc([N+](=O)[O-])cc3)=C(c3cn4cnc(SCCNC(=O)OCc5ccc([N+](=O)[O-])cc5)c4s3)C[C@H]12. The molecule has 0 unspecified atom stereocenters. The molecule has 2 aliphatic rings. The fourth-order valence-corrected chi connectivity index (χ4v) is 7.71. The minimum absolute atomic E-state index is 0.0408. The van der Waals surface area contributed by atoms with Crippen LogP contribution in [0.5, 0.6) is 0 Å². The van der Waals surface area contributed by atoms with E-state index in [2.05, 4.69) is 10.3 Å². The Morgan fingerprint density at radius 2 is 1.67 bits per heavy atom. The summed E-state index contributed by atoms with van der Waals surface area (Å²) in [7, 11) is 0. The summed E-state index contributed by atoms with van der Waals surface area (Å²) in [5, 5.41) is 35.3. The molecule has 0 bridgehead atoms. The number of thioether (sulfide) groups is 1.